The maximum absolute atomic E-state index is 13.9. The number of rotatable bonds is 15. The Kier molecular flexibility index (Phi) is 12.7. The van der Waals surface area contributed by atoms with Crippen molar-refractivity contribution in [2.45, 2.75) is 103 Å². The lowest BCUT2D eigenvalue weighted by atomic mass is 9.49. The van der Waals surface area contributed by atoms with Crippen LogP contribution < -0.4 is 34.5 Å². The number of benzene rings is 3. The van der Waals surface area contributed by atoms with Crippen LogP contribution in [0.25, 0.3) is 0 Å². The van der Waals surface area contributed by atoms with Crippen LogP contribution in [0.4, 0.5) is 14.5 Å². The highest BCUT2D eigenvalue weighted by molar-refractivity contribution is 6.24. The Labute approximate surface area is 382 Å². The summed E-state index contributed by atoms with van der Waals surface area (Å²) < 4.78 is 51.3. The fraction of sp³-hybridized carbons (Fsp3) is 0.510. The quantitative estimate of drug-likeness (QED) is 0.171. The van der Waals surface area contributed by atoms with Crippen molar-refractivity contribution in [3.8, 4) is 29.1 Å². The first-order chi connectivity index (χ1) is 31.4. The van der Waals surface area contributed by atoms with Gasteiger partial charge in [-0.05, 0) is 67.6 Å². The molecule has 2 saturated heterocycles. The van der Waals surface area contributed by atoms with Crippen LogP contribution in [0.3, 0.4) is 0 Å². The predicted molar refractivity (Wildman–Crippen MR) is 237 cm³/mol. The molecule has 8 rings (SSSR count). The number of halogens is 2. The van der Waals surface area contributed by atoms with Gasteiger partial charge in [0.25, 0.3) is 24.1 Å². The second kappa shape index (κ2) is 18.2. The van der Waals surface area contributed by atoms with Gasteiger partial charge >= 0.3 is 0 Å². The van der Waals surface area contributed by atoms with E-state index in [1.807, 2.05) is 29.2 Å². The number of nitrogens with zero attached hydrogens (tertiary/aromatic N) is 4. The Balaban J connectivity index is 0.819. The van der Waals surface area contributed by atoms with Crippen molar-refractivity contribution in [3.63, 3.8) is 0 Å². The number of methoxy groups -OCH3 is 2. The minimum Gasteiger partial charge on any atom is -0.496 e. The fourth-order valence-corrected chi connectivity index (χ4v) is 11.0. The highest BCUT2D eigenvalue weighted by atomic mass is 19.3. The molecule has 1 atom stereocenters. The topological polar surface area (TPSA) is 180 Å². The molecule has 0 radical (unpaired) electrons. The first-order valence-electron chi connectivity index (χ1n) is 22.5. The third-order valence-corrected chi connectivity index (χ3v) is 14.2. The smallest absolute Gasteiger partial charge is 0.266 e. The molecule has 1 unspecified atom stereocenters. The van der Waals surface area contributed by atoms with Crippen molar-refractivity contribution in [2.24, 2.45) is 16.7 Å². The van der Waals surface area contributed by atoms with E-state index in [1.54, 1.807) is 18.2 Å². The van der Waals surface area contributed by atoms with Crippen LogP contribution >= 0.6 is 0 Å². The second-order valence-corrected chi connectivity index (χ2v) is 19.2. The number of nitriles is 1. The zero-order valence-electron chi connectivity index (χ0n) is 38.0. The molecule has 5 aliphatic rings. The van der Waals surface area contributed by atoms with Gasteiger partial charge in [-0.3, -0.25) is 39.1 Å². The number of fused-ring (bicyclic) bond motifs is 1. The summed E-state index contributed by atoms with van der Waals surface area (Å²) in [5.41, 5.74) is 1.19. The van der Waals surface area contributed by atoms with Gasteiger partial charge in [0, 0.05) is 85.2 Å². The van der Waals surface area contributed by atoms with Crippen molar-refractivity contribution < 1.29 is 51.7 Å². The van der Waals surface area contributed by atoms with Gasteiger partial charge in [0.2, 0.25) is 11.8 Å². The third kappa shape index (κ3) is 8.75. The molecule has 0 aromatic heterocycles. The van der Waals surface area contributed by atoms with Gasteiger partial charge in [-0.25, -0.2) is 8.78 Å². The molecule has 3 aromatic rings. The molecule has 5 amide bonds. The molecule has 3 aromatic carbocycles. The van der Waals surface area contributed by atoms with Gasteiger partial charge in [-0.15, -0.1) is 0 Å². The lowest BCUT2D eigenvalue weighted by Gasteiger charge is -2.63. The lowest BCUT2D eigenvalue weighted by molar-refractivity contribution is -0.164. The highest BCUT2D eigenvalue weighted by Crippen LogP contribution is 2.56. The van der Waals surface area contributed by atoms with Gasteiger partial charge < -0.3 is 29.2 Å². The van der Waals surface area contributed by atoms with Crippen LogP contribution in [0.1, 0.15) is 103 Å². The van der Waals surface area contributed by atoms with E-state index in [0.29, 0.717) is 42.0 Å². The van der Waals surface area contributed by atoms with E-state index >= 15 is 0 Å². The summed E-state index contributed by atoms with van der Waals surface area (Å²) >= 11 is 0. The van der Waals surface area contributed by atoms with E-state index in [1.165, 1.54) is 26.4 Å². The van der Waals surface area contributed by atoms with E-state index in [0.717, 1.165) is 36.5 Å². The number of anilines is 1. The molecule has 350 valence electrons. The second-order valence-electron chi connectivity index (χ2n) is 19.2. The molecule has 66 heavy (non-hydrogen) atoms. The van der Waals surface area contributed by atoms with Gasteiger partial charge in [0.05, 0.1) is 37.5 Å². The van der Waals surface area contributed by atoms with Gasteiger partial charge in [0.15, 0.2) is 0 Å². The Morgan fingerprint density at radius 2 is 1.56 bits per heavy atom. The molecule has 3 heterocycles. The molecule has 3 aliphatic heterocycles. The summed E-state index contributed by atoms with van der Waals surface area (Å²) in [5.74, 6) is -1.09. The van der Waals surface area contributed by atoms with Crippen LogP contribution in [0, 0.1) is 28.1 Å². The van der Waals surface area contributed by atoms with E-state index < -0.39 is 46.9 Å². The van der Waals surface area contributed by atoms with Crippen molar-refractivity contribution in [1.82, 2.24) is 20.4 Å². The first kappa shape index (κ1) is 46.3. The standard InChI is InChI=1S/C49H56F2N6O9/c1-48(2)46(49(3,4)47(48)66-32-12-9-29(24-52)37(22-32)63-5)54-42(59)28-7-10-30(11-8-28)55-17-15-27(16-18-55)25-56(26-39(50)51)31-19-33(20-31)65-34-21-35-41(38(23-34)64-6)45(62)57(44(35)61)36-13-14-40(58)53-43(36)60/h7-12,21-23,27,31,33,36,39,46-47H,13-20,25-26H2,1-6H3,(H,54,59)(H,53,58,60). The summed E-state index contributed by atoms with van der Waals surface area (Å²) in [5, 5.41) is 14.8. The van der Waals surface area contributed by atoms with Gasteiger partial charge in [-0.2, -0.15) is 5.26 Å². The average Bonchev–Trinajstić information content (AvgIpc) is 3.52. The maximum atomic E-state index is 13.9. The number of ether oxygens (including phenoxy) is 4. The summed E-state index contributed by atoms with van der Waals surface area (Å²) in [6, 6.07) is 16.4. The minimum atomic E-state index is -2.51. The molecule has 15 nitrogen and oxygen atoms in total. The minimum absolute atomic E-state index is 0.00292. The monoisotopic (exact) mass is 910 g/mol. The number of amides is 5. The summed E-state index contributed by atoms with van der Waals surface area (Å²) in [4.78, 5) is 69.7. The Hall–Kier alpha value is -6.28. The molecule has 2 saturated carbocycles. The summed E-state index contributed by atoms with van der Waals surface area (Å²) in [7, 11) is 2.87. The highest BCUT2D eigenvalue weighted by Gasteiger charge is 2.64. The zero-order chi connectivity index (χ0) is 47.2. The number of piperidine rings is 2. The van der Waals surface area contributed by atoms with Crippen LogP contribution in [-0.4, -0.2) is 116 Å². The molecule has 17 heteroatoms. The SMILES string of the molecule is COc1cc(OC2C(C)(C)C(NC(=O)c3ccc(N4CCC(CN(CC(F)F)C5CC(Oc6cc(OC)c7c(c6)C(=O)N(C6CCC(=O)NC6=O)C7=O)C5)CC4)cc3)C2(C)C)ccc1C#N. The molecular formula is C49H56F2N6O9. The molecule has 2 aliphatic carbocycles. The zero-order valence-corrected chi connectivity index (χ0v) is 38.0. The van der Waals surface area contributed by atoms with Crippen LogP contribution in [0.15, 0.2) is 54.6 Å². The fourth-order valence-electron chi connectivity index (χ4n) is 11.0. The molecule has 2 N–H and O–H groups in total. The van der Waals surface area contributed by atoms with E-state index in [-0.39, 0.29) is 78.1 Å². The van der Waals surface area contributed by atoms with Crippen molar-refractivity contribution >= 4 is 35.2 Å². The van der Waals surface area contributed by atoms with Crippen molar-refractivity contribution in [3.05, 3.63) is 76.9 Å². The Morgan fingerprint density at radius 1 is 0.894 bits per heavy atom. The van der Waals surface area contributed by atoms with Crippen molar-refractivity contribution in [2.75, 3.05) is 45.3 Å². The lowest BCUT2D eigenvalue weighted by Crippen LogP contribution is -2.74. The number of nitrogens with one attached hydrogen (secondary N) is 2. The summed E-state index contributed by atoms with van der Waals surface area (Å²) in [6.45, 7) is 9.93. The van der Waals surface area contributed by atoms with E-state index in [4.69, 9.17) is 18.9 Å². The number of carbonyl (C=O) groups excluding carboxylic acids is 5. The van der Waals surface area contributed by atoms with Crippen LogP contribution in [0.5, 0.6) is 23.0 Å². The van der Waals surface area contributed by atoms with E-state index in [9.17, 15) is 38.0 Å². The van der Waals surface area contributed by atoms with Crippen LogP contribution in [-0.2, 0) is 9.59 Å². The Morgan fingerprint density at radius 3 is 2.18 bits per heavy atom. The third-order valence-electron chi connectivity index (χ3n) is 14.2. The van der Waals surface area contributed by atoms with Crippen LogP contribution in [0.2, 0.25) is 0 Å². The molecule has 0 spiro atoms. The van der Waals surface area contributed by atoms with Gasteiger partial charge in [0.1, 0.15) is 47.3 Å². The molecule has 0 bridgehead atoms. The number of carbonyl (C=O) groups is 5. The average molecular weight is 911 g/mol. The predicted octanol–water partition coefficient (Wildman–Crippen LogP) is 5.98. The van der Waals surface area contributed by atoms with Crippen molar-refractivity contribution in [1.29, 1.82) is 5.26 Å². The maximum Gasteiger partial charge on any atom is 0.266 e. The normalized spacial score (nSPS) is 24.5. The van der Waals surface area contributed by atoms with E-state index in [2.05, 4.69) is 49.3 Å². The number of imide groups is 2. The largest absolute Gasteiger partial charge is 0.496 e. The first-order valence-corrected chi connectivity index (χ1v) is 22.5. The molecular weight excluding hydrogens is 855 g/mol. The number of hydrogen-bond donors (Lipinski definition) is 2. The number of alkyl halides is 2. The number of hydrogen-bond acceptors (Lipinski definition) is 12. The molecule has 4 fully saturated rings. The Bertz CT molecular complexity index is 2430. The summed E-state index contributed by atoms with van der Waals surface area (Å²) in [6.07, 6.45) is -0.396. The van der Waals surface area contributed by atoms with Gasteiger partial charge in [-0.1, -0.05) is 27.7 Å².